The number of carbonyl (C=O) groups is 2. The van der Waals surface area contributed by atoms with Crippen LogP contribution in [0.1, 0.15) is 49.4 Å². The van der Waals surface area contributed by atoms with Crippen molar-refractivity contribution in [1.82, 2.24) is 0 Å². The highest BCUT2D eigenvalue weighted by Crippen LogP contribution is 2.42. The summed E-state index contributed by atoms with van der Waals surface area (Å²) in [5, 5.41) is 0. The Bertz CT molecular complexity index is 506. The van der Waals surface area contributed by atoms with E-state index in [1.165, 1.54) is 6.42 Å². The van der Waals surface area contributed by atoms with Gasteiger partial charge in [0.05, 0.1) is 12.2 Å². The van der Waals surface area contributed by atoms with Gasteiger partial charge >= 0.3 is 5.97 Å². The average molecular weight is 303 g/mol. The van der Waals surface area contributed by atoms with Crippen molar-refractivity contribution in [2.45, 2.75) is 39.0 Å². The fourth-order valence-electron chi connectivity index (χ4n) is 2.92. The second-order valence-electron chi connectivity index (χ2n) is 6.13. The smallest absolute Gasteiger partial charge is 0.338 e. The highest BCUT2D eigenvalue weighted by atomic mass is 16.5. The maximum Gasteiger partial charge on any atom is 0.338 e. The highest BCUT2D eigenvalue weighted by molar-refractivity contribution is 5.89. The zero-order valence-electron chi connectivity index (χ0n) is 13.5. The summed E-state index contributed by atoms with van der Waals surface area (Å²) in [5.41, 5.74) is 1.62. The second-order valence-corrected chi connectivity index (χ2v) is 6.13. The Labute approximate surface area is 132 Å². The lowest BCUT2D eigenvalue weighted by molar-refractivity contribution is -0.120. The van der Waals surface area contributed by atoms with Gasteiger partial charge < -0.3 is 14.4 Å². The summed E-state index contributed by atoms with van der Waals surface area (Å²) in [4.78, 5) is 24.9. The molecular formula is C18H25NO3. The summed E-state index contributed by atoms with van der Waals surface area (Å²) in [6, 6.07) is 7.46. The molecule has 0 atom stereocenters. The first-order valence-electron chi connectivity index (χ1n) is 8.05. The number of hydrogen-bond donors (Lipinski definition) is 0. The predicted octanol–water partition coefficient (Wildman–Crippen LogP) is 3.45. The monoisotopic (exact) mass is 303 g/mol. The van der Waals surface area contributed by atoms with Crippen LogP contribution in [0, 0.1) is 5.41 Å². The SMILES string of the molecule is CCOC(=O)c1ccc(N(C)CCCC2(C=O)CCC2)cc1. The number of rotatable bonds is 8. The van der Waals surface area contributed by atoms with Gasteiger partial charge in [-0.3, -0.25) is 0 Å². The van der Waals surface area contributed by atoms with E-state index in [1.807, 2.05) is 19.2 Å². The molecule has 0 bridgehead atoms. The first kappa shape index (κ1) is 16.5. The third kappa shape index (κ3) is 3.87. The van der Waals surface area contributed by atoms with E-state index in [2.05, 4.69) is 4.90 Å². The molecule has 0 saturated heterocycles. The van der Waals surface area contributed by atoms with Crippen LogP contribution < -0.4 is 4.90 Å². The Morgan fingerprint density at radius 2 is 2.00 bits per heavy atom. The number of carbonyl (C=O) groups excluding carboxylic acids is 2. The molecule has 1 fully saturated rings. The number of hydrogen-bond acceptors (Lipinski definition) is 4. The molecule has 0 heterocycles. The zero-order chi connectivity index (χ0) is 16.0. The fraction of sp³-hybridized carbons (Fsp3) is 0.556. The van der Waals surface area contributed by atoms with Crippen LogP contribution in [-0.4, -0.2) is 32.5 Å². The fourth-order valence-corrected chi connectivity index (χ4v) is 2.92. The van der Waals surface area contributed by atoms with Crippen LogP contribution in [0.15, 0.2) is 24.3 Å². The van der Waals surface area contributed by atoms with Crippen LogP contribution >= 0.6 is 0 Å². The van der Waals surface area contributed by atoms with E-state index in [4.69, 9.17) is 4.74 Å². The van der Waals surface area contributed by atoms with Crippen molar-refractivity contribution in [3.63, 3.8) is 0 Å². The van der Waals surface area contributed by atoms with E-state index in [0.29, 0.717) is 12.2 Å². The number of benzene rings is 1. The van der Waals surface area contributed by atoms with Crippen LogP contribution in [0.5, 0.6) is 0 Å². The first-order valence-corrected chi connectivity index (χ1v) is 8.05. The molecule has 0 radical (unpaired) electrons. The number of ether oxygens (including phenoxy) is 1. The Kier molecular flexibility index (Phi) is 5.58. The number of anilines is 1. The number of nitrogens with zero attached hydrogens (tertiary/aromatic N) is 1. The predicted molar refractivity (Wildman–Crippen MR) is 87.3 cm³/mol. The van der Waals surface area contributed by atoms with Gasteiger partial charge in [0.15, 0.2) is 0 Å². The van der Waals surface area contributed by atoms with Crippen molar-refractivity contribution < 1.29 is 14.3 Å². The van der Waals surface area contributed by atoms with Gasteiger partial charge in [0.25, 0.3) is 0 Å². The Morgan fingerprint density at radius 3 is 2.50 bits per heavy atom. The van der Waals surface area contributed by atoms with Crippen molar-refractivity contribution in [2.24, 2.45) is 5.41 Å². The lowest BCUT2D eigenvalue weighted by Gasteiger charge is -2.37. The standard InChI is InChI=1S/C18H25NO3/c1-3-22-17(21)15-6-8-16(9-7-15)19(2)13-5-12-18(14-20)10-4-11-18/h6-9,14H,3-5,10-13H2,1-2H3. The van der Waals surface area contributed by atoms with Gasteiger partial charge in [0.1, 0.15) is 6.29 Å². The van der Waals surface area contributed by atoms with Gasteiger partial charge in [-0.2, -0.15) is 0 Å². The minimum Gasteiger partial charge on any atom is -0.462 e. The lowest BCUT2D eigenvalue weighted by Crippen LogP contribution is -2.32. The molecule has 0 N–H and O–H groups in total. The maximum atomic E-state index is 11.6. The van der Waals surface area contributed by atoms with Crippen molar-refractivity contribution >= 4 is 17.9 Å². The Hall–Kier alpha value is -1.84. The Morgan fingerprint density at radius 1 is 1.32 bits per heavy atom. The van der Waals surface area contributed by atoms with E-state index in [0.717, 1.165) is 44.2 Å². The molecule has 1 aromatic carbocycles. The van der Waals surface area contributed by atoms with Crippen LogP contribution in [0.3, 0.4) is 0 Å². The van der Waals surface area contributed by atoms with Gasteiger partial charge in [-0.25, -0.2) is 4.79 Å². The molecule has 1 aliphatic rings. The van der Waals surface area contributed by atoms with Gasteiger partial charge in [-0.05, 0) is 56.9 Å². The summed E-state index contributed by atoms with van der Waals surface area (Å²) in [6.07, 6.45) is 6.42. The maximum absolute atomic E-state index is 11.6. The summed E-state index contributed by atoms with van der Waals surface area (Å²) in [6.45, 7) is 3.10. The average Bonchev–Trinajstić information content (AvgIpc) is 2.50. The summed E-state index contributed by atoms with van der Waals surface area (Å²) < 4.78 is 4.98. The van der Waals surface area contributed by atoms with E-state index >= 15 is 0 Å². The molecule has 0 amide bonds. The molecule has 0 spiro atoms. The van der Waals surface area contributed by atoms with Crippen LogP contribution in [0.2, 0.25) is 0 Å². The van der Waals surface area contributed by atoms with Gasteiger partial charge in [0, 0.05) is 24.7 Å². The van der Waals surface area contributed by atoms with Gasteiger partial charge in [0.2, 0.25) is 0 Å². The normalized spacial score (nSPS) is 15.7. The van der Waals surface area contributed by atoms with Crippen LogP contribution in [0.25, 0.3) is 0 Å². The molecule has 0 aromatic heterocycles. The van der Waals surface area contributed by atoms with Crippen molar-refractivity contribution in [3.05, 3.63) is 29.8 Å². The molecule has 0 unspecified atom stereocenters. The van der Waals surface area contributed by atoms with Gasteiger partial charge in [-0.1, -0.05) is 6.42 Å². The zero-order valence-corrected chi connectivity index (χ0v) is 13.5. The number of aldehydes is 1. The minimum absolute atomic E-state index is 0.0331. The van der Waals surface area contributed by atoms with E-state index in [-0.39, 0.29) is 11.4 Å². The Balaban J connectivity index is 1.83. The molecule has 2 rings (SSSR count). The highest BCUT2D eigenvalue weighted by Gasteiger charge is 2.35. The third-order valence-electron chi connectivity index (χ3n) is 4.59. The lowest BCUT2D eigenvalue weighted by atomic mass is 9.67. The topological polar surface area (TPSA) is 46.6 Å². The van der Waals surface area contributed by atoms with Gasteiger partial charge in [-0.15, -0.1) is 0 Å². The molecular weight excluding hydrogens is 278 g/mol. The molecule has 0 aliphatic heterocycles. The number of esters is 1. The molecule has 120 valence electrons. The molecule has 1 aliphatic carbocycles. The quantitative estimate of drug-likeness (QED) is 0.545. The van der Waals surface area contributed by atoms with E-state index in [1.54, 1.807) is 19.1 Å². The van der Waals surface area contributed by atoms with Crippen LogP contribution in [0.4, 0.5) is 5.69 Å². The summed E-state index contributed by atoms with van der Waals surface area (Å²) in [5.74, 6) is -0.283. The first-order chi connectivity index (χ1) is 10.6. The second kappa shape index (κ2) is 7.43. The minimum atomic E-state index is -0.283. The van der Waals surface area contributed by atoms with Crippen molar-refractivity contribution in [2.75, 3.05) is 25.1 Å². The van der Waals surface area contributed by atoms with E-state index in [9.17, 15) is 9.59 Å². The molecule has 1 aromatic rings. The third-order valence-corrected chi connectivity index (χ3v) is 4.59. The van der Waals surface area contributed by atoms with Crippen molar-refractivity contribution in [3.8, 4) is 0 Å². The largest absolute Gasteiger partial charge is 0.462 e. The van der Waals surface area contributed by atoms with E-state index < -0.39 is 0 Å². The molecule has 22 heavy (non-hydrogen) atoms. The molecule has 4 nitrogen and oxygen atoms in total. The van der Waals surface area contributed by atoms with Crippen molar-refractivity contribution in [1.29, 1.82) is 0 Å². The van der Waals surface area contributed by atoms with Crippen LogP contribution in [-0.2, 0) is 9.53 Å². The summed E-state index contributed by atoms with van der Waals surface area (Å²) in [7, 11) is 2.04. The molecule has 1 saturated carbocycles. The summed E-state index contributed by atoms with van der Waals surface area (Å²) >= 11 is 0. The molecule has 4 heteroatoms.